The van der Waals surface area contributed by atoms with Crippen LogP contribution >= 0.6 is 0 Å². The van der Waals surface area contributed by atoms with E-state index in [0.717, 1.165) is 5.39 Å². The fourth-order valence-electron chi connectivity index (χ4n) is 1.23. The van der Waals surface area contributed by atoms with Crippen molar-refractivity contribution in [3.05, 3.63) is 35.8 Å². The van der Waals surface area contributed by atoms with Gasteiger partial charge in [0.2, 0.25) is 0 Å². The zero-order chi connectivity index (χ0) is 9.97. The highest BCUT2D eigenvalue weighted by Crippen LogP contribution is 2.20. The number of hydrogen-bond donors (Lipinski definition) is 0. The van der Waals surface area contributed by atoms with Crippen LogP contribution in [0.2, 0.25) is 0 Å². The smallest absolute Gasteiger partial charge is 0.417 e. The largest absolute Gasteiger partial charge is 0.457 e. The Balaban J connectivity index is 2.36. The van der Waals surface area contributed by atoms with E-state index in [0.29, 0.717) is 11.3 Å². The summed E-state index contributed by atoms with van der Waals surface area (Å²) in [7, 11) is 0. The first-order valence-electron chi connectivity index (χ1n) is 3.96. The number of hydrogen-bond acceptors (Lipinski definition) is 3. The average Bonchev–Trinajstić information content (AvgIpc) is 2.56. The number of benzene rings is 1. The van der Waals surface area contributed by atoms with Gasteiger partial charge in [-0.1, -0.05) is 0 Å². The van der Waals surface area contributed by atoms with Crippen molar-refractivity contribution in [2.45, 2.75) is 6.61 Å². The van der Waals surface area contributed by atoms with Gasteiger partial charge in [0.25, 0.3) is 0 Å². The summed E-state index contributed by atoms with van der Waals surface area (Å²) in [6.45, 7) is 1.30. The maximum absolute atomic E-state index is 12.7. The fourth-order valence-corrected chi connectivity index (χ4v) is 1.23. The minimum atomic E-state index is -0.360. The van der Waals surface area contributed by atoms with Crippen LogP contribution in [0.4, 0.5) is 4.39 Å². The summed E-state index contributed by atoms with van der Waals surface area (Å²) in [5.74, 6) is 0.107. The van der Waals surface area contributed by atoms with E-state index in [1.807, 2.05) is 0 Å². The molecule has 0 bridgehead atoms. The predicted molar refractivity (Wildman–Crippen MR) is 46.7 cm³/mol. The van der Waals surface area contributed by atoms with Gasteiger partial charge in [-0.3, -0.25) is 0 Å². The van der Waals surface area contributed by atoms with E-state index in [9.17, 15) is 9.18 Å². The third kappa shape index (κ3) is 1.59. The molecule has 0 N–H and O–H groups in total. The van der Waals surface area contributed by atoms with Gasteiger partial charge < -0.3 is 9.15 Å². The SMILES string of the molecule is O=[C]OCc1cc2ccc(F)cc2o1. The first kappa shape index (κ1) is 8.74. The monoisotopic (exact) mass is 193 g/mol. The molecule has 14 heavy (non-hydrogen) atoms. The Morgan fingerprint density at radius 1 is 1.43 bits per heavy atom. The number of carbonyl (C=O) groups excluding carboxylic acids is 1. The first-order valence-corrected chi connectivity index (χ1v) is 3.96. The molecule has 0 aliphatic rings. The summed E-state index contributed by atoms with van der Waals surface area (Å²) >= 11 is 0. The van der Waals surface area contributed by atoms with E-state index in [1.165, 1.54) is 18.6 Å². The summed E-state index contributed by atoms with van der Waals surface area (Å²) in [6, 6.07) is 5.91. The van der Waals surface area contributed by atoms with Crippen LogP contribution < -0.4 is 0 Å². The van der Waals surface area contributed by atoms with Gasteiger partial charge in [-0.15, -0.1) is 0 Å². The van der Waals surface area contributed by atoms with E-state index < -0.39 is 0 Å². The van der Waals surface area contributed by atoms with Crippen LogP contribution in [-0.2, 0) is 16.1 Å². The number of rotatable bonds is 3. The topological polar surface area (TPSA) is 39.4 Å². The molecule has 1 heterocycles. The highest BCUT2D eigenvalue weighted by atomic mass is 19.1. The molecule has 0 unspecified atom stereocenters. The second-order valence-electron chi connectivity index (χ2n) is 2.77. The Labute approximate surface area is 79.1 Å². The van der Waals surface area contributed by atoms with Crippen LogP contribution in [0.3, 0.4) is 0 Å². The van der Waals surface area contributed by atoms with Crippen LogP contribution in [0, 0.1) is 5.82 Å². The molecule has 3 nitrogen and oxygen atoms in total. The second kappa shape index (κ2) is 3.49. The van der Waals surface area contributed by atoms with Crippen molar-refractivity contribution in [1.29, 1.82) is 0 Å². The van der Waals surface area contributed by atoms with Gasteiger partial charge in [-0.2, -0.15) is 0 Å². The molecule has 1 aromatic carbocycles. The number of fused-ring (bicyclic) bond motifs is 1. The van der Waals surface area contributed by atoms with Crippen molar-refractivity contribution in [2.24, 2.45) is 0 Å². The number of halogens is 1. The molecule has 1 radical (unpaired) electrons. The van der Waals surface area contributed by atoms with E-state index in [1.54, 1.807) is 12.1 Å². The molecular formula is C10H6FO3. The van der Waals surface area contributed by atoms with E-state index in [-0.39, 0.29) is 12.4 Å². The zero-order valence-electron chi connectivity index (χ0n) is 7.12. The molecule has 0 spiro atoms. The highest BCUT2D eigenvalue weighted by Gasteiger charge is 2.04. The molecule has 0 saturated heterocycles. The van der Waals surface area contributed by atoms with Crippen molar-refractivity contribution < 1.29 is 18.3 Å². The van der Waals surface area contributed by atoms with Crippen molar-refractivity contribution in [2.75, 3.05) is 0 Å². The minimum Gasteiger partial charge on any atom is -0.457 e. The molecule has 0 amide bonds. The summed E-state index contributed by atoms with van der Waals surface area (Å²) in [5, 5.41) is 0.774. The third-order valence-electron chi connectivity index (χ3n) is 1.81. The molecule has 0 aliphatic carbocycles. The summed E-state index contributed by atoms with van der Waals surface area (Å²) in [6.07, 6.45) is 0. The molecule has 2 rings (SSSR count). The lowest BCUT2D eigenvalue weighted by atomic mass is 10.2. The van der Waals surface area contributed by atoms with Crippen LogP contribution in [0.5, 0.6) is 0 Å². The lowest BCUT2D eigenvalue weighted by molar-refractivity contribution is 0.242. The normalized spacial score (nSPS) is 10.4. The van der Waals surface area contributed by atoms with Crippen LogP contribution in [-0.4, -0.2) is 6.47 Å². The van der Waals surface area contributed by atoms with Gasteiger partial charge in [0.1, 0.15) is 23.8 Å². The van der Waals surface area contributed by atoms with Crippen LogP contribution in [0.15, 0.2) is 28.7 Å². The van der Waals surface area contributed by atoms with Crippen molar-refractivity contribution >= 4 is 17.4 Å². The molecule has 71 valence electrons. The first-order chi connectivity index (χ1) is 6.79. The Hall–Kier alpha value is -1.84. The number of ether oxygens (including phenoxy) is 1. The lowest BCUT2D eigenvalue weighted by Gasteiger charge is -1.90. The molecule has 0 aliphatic heterocycles. The highest BCUT2D eigenvalue weighted by molar-refractivity contribution is 5.77. The molecule has 1 aromatic heterocycles. The van der Waals surface area contributed by atoms with Gasteiger partial charge >= 0.3 is 6.47 Å². The Morgan fingerprint density at radius 2 is 2.29 bits per heavy atom. The molecule has 0 fully saturated rings. The maximum Gasteiger partial charge on any atom is 0.417 e. The van der Waals surface area contributed by atoms with E-state index in [2.05, 4.69) is 4.74 Å². The molecule has 2 aromatic rings. The van der Waals surface area contributed by atoms with E-state index >= 15 is 0 Å². The third-order valence-corrected chi connectivity index (χ3v) is 1.81. The van der Waals surface area contributed by atoms with Gasteiger partial charge in [-0.05, 0) is 18.2 Å². The Kier molecular flexibility index (Phi) is 2.18. The summed E-state index contributed by atoms with van der Waals surface area (Å²) in [4.78, 5) is 9.80. The molecular weight excluding hydrogens is 187 g/mol. The molecule has 0 saturated carbocycles. The Morgan fingerprint density at radius 3 is 3.07 bits per heavy atom. The quantitative estimate of drug-likeness (QED) is 0.749. The minimum absolute atomic E-state index is 0.0137. The second-order valence-corrected chi connectivity index (χ2v) is 2.77. The lowest BCUT2D eigenvalue weighted by Crippen LogP contribution is -1.85. The standard InChI is InChI=1S/C10H6FO3/c11-8-2-1-7-3-9(5-13-6-12)14-10(7)4-8/h1-4H,5H2. The average molecular weight is 193 g/mol. The molecule has 0 atom stereocenters. The number of furan rings is 1. The van der Waals surface area contributed by atoms with Crippen LogP contribution in [0.1, 0.15) is 5.76 Å². The van der Waals surface area contributed by atoms with Gasteiger partial charge in [0, 0.05) is 11.5 Å². The fraction of sp³-hybridized carbons (Fsp3) is 0.100. The van der Waals surface area contributed by atoms with E-state index in [4.69, 9.17) is 4.42 Å². The van der Waals surface area contributed by atoms with Crippen LogP contribution in [0.25, 0.3) is 11.0 Å². The zero-order valence-corrected chi connectivity index (χ0v) is 7.12. The van der Waals surface area contributed by atoms with Crippen molar-refractivity contribution in [1.82, 2.24) is 0 Å². The molecule has 4 heteroatoms. The maximum atomic E-state index is 12.7. The predicted octanol–water partition coefficient (Wildman–Crippen LogP) is 2.16. The van der Waals surface area contributed by atoms with Crippen molar-refractivity contribution in [3.8, 4) is 0 Å². The van der Waals surface area contributed by atoms with Gasteiger partial charge in [0.05, 0.1) is 0 Å². The Bertz CT molecular complexity index is 461. The van der Waals surface area contributed by atoms with Gasteiger partial charge in [0.15, 0.2) is 0 Å². The summed E-state index contributed by atoms with van der Waals surface area (Å²) < 4.78 is 22.3. The summed E-state index contributed by atoms with van der Waals surface area (Å²) in [5.41, 5.74) is 0.439. The van der Waals surface area contributed by atoms with Crippen molar-refractivity contribution in [3.63, 3.8) is 0 Å². The van der Waals surface area contributed by atoms with Gasteiger partial charge in [-0.25, -0.2) is 9.18 Å².